The summed E-state index contributed by atoms with van der Waals surface area (Å²) in [5.41, 5.74) is 2.04. The summed E-state index contributed by atoms with van der Waals surface area (Å²) in [4.78, 5) is 4.70. The number of nitrogens with zero attached hydrogens (tertiary/aromatic N) is 3. The van der Waals surface area contributed by atoms with E-state index in [2.05, 4.69) is 34.8 Å². The smallest absolute Gasteiger partial charge is 0.191 e. The molecule has 1 fully saturated rings. The molecule has 1 aliphatic carbocycles. The summed E-state index contributed by atoms with van der Waals surface area (Å²) < 4.78 is 1.90. The fourth-order valence-electron chi connectivity index (χ4n) is 3.09. The van der Waals surface area contributed by atoms with Crippen molar-refractivity contribution in [1.82, 2.24) is 20.4 Å². The van der Waals surface area contributed by atoms with Gasteiger partial charge in [-0.25, -0.2) is 9.67 Å². The molecule has 0 saturated heterocycles. The fraction of sp³-hybridized carbons (Fsp3) is 0.474. The lowest BCUT2D eigenvalue weighted by Gasteiger charge is -2.24. The minimum atomic E-state index is 0.554. The van der Waals surface area contributed by atoms with Gasteiger partial charge in [-0.2, -0.15) is 5.10 Å². The highest BCUT2D eigenvalue weighted by Crippen LogP contribution is 2.17. The molecular formula is C19H27N5. The molecule has 3 rings (SSSR count). The third kappa shape index (κ3) is 4.60. The molecule has 128 valence electrons. The predicted molar refractivity (Wildman–Crippen MR) is 98.4 cm³/mol. The molecule has 1 saturated carbocycles. The molecule has 1 aliphatic rings. The highest BCUT2D eigenvalue weighted by atomic mass is 15.3. The molecule has 24 heavy (non-hydrogen) atoms. The number of hydrogen-bond donors (Lipinski definition) is 2. The van der Waals surface area contributed by atoms with E-state index in [9.17, 15) is 0 Å². The minimum Gasteiger partial charge on any atom is -0.357 e. The number of guanidine groups is 1. The number of hydrogen-bond acceptors (Lipinski definition) is 2. The maximum atomic E-state index is 4.70. The summed E-state index contributed by atoms with van der Waals surface area (Å²) >= 11 is 0. The first-order valence-corrected chi connectivity index (χ1v) is 9.00. The van der Waals surface area contributed by atoms with Crippen molar-refractivity contribution >= 4 is 5.96 Å². The number of aromatic nitrogens is 2. The average molecular weight is 325 g/mol. The third-order valence-electron chi connectivity index (χ3n) is 4.35. The van der Waals surface area contributed by atoms with Crippen molar-refractivity contribution < 1.29 is 0 Å². The van der Waals surface area contributed by atoms with Gasteiger partial charge in [0.15, 0.2) is 5.96 Å². The molecule has 1 heterocycles. The van der Waals surface area contributed by atoms with E-state index in [1.807, 2.05) is 35.1 Å². The van der Waals surface area contributed by atoms with E-state index in [4.69, 9.17) is 4.99 Å². The molecule has 2 N–H and O–H groups in total. The summed E-state index contributed by atoms with van der Waals surface area (Å²) in [5, 5.41) is 11.5. The lowest BCUT2D eigenvalue weighted by atomic mass is 9.96. The Bertz CT molecular complexity index is 641. The zero-order valence-electron chi connectivity index (χ0n) is 14.4. The fourth-order valence-corrected chi connectivity index (χ4v) is 3.09. The molecule has 1 aromatic carbocycles. The van der Waals surface area contributed by atoms with Crippen LogP contribution in [-0.2, 0) is 6.54 Å². The van der Waals surface area contributed by atoms with Gasteiger partial charge in [-0.15, -0.1) is 0 Å². The van der Waals surface area contributed by atoms with E-state index in [0.29, 0.717) is 12.6 Å². The monoisotopic (exact) mass is 325 g/mol. The van der Waals surface area contributed by atoms with Crippen molar-refractivity contribution in [1.29, 1.82) is 0 Å². The van der Waals surface area contributed by atoms with Crippen LogP contribution in [0.2, 0.25) is 0 Å². The first-order chi connectivity index (χ1) is 11.8. The molecule has 2 aromatic rings. The zero-order chi connectivity index (χ0) is 16.6. The van der Waals surface area contributed by atoms with Gasteiger partial charge in [-0.3, -0.25) is 0 Å². The van der Waals surface area contributed by atoms with Crippen LogP contribution in [0, 0.1) is 0 Å². The standard InChI is InChI=1S/C19H27N5/c1-2-20-19(22-16-9-5-3-6-10-16)21-15-17-13-14-24(23-17)18-11-7-4-8-12-18/h4,7-8,11-14,16H,2-3,5-6,9-10,15H2,1H3,(H2,20,21,22). The molecule has 0 bridgehead atoms. The Kier molecular flexibility index (Phi) is 5.88. The Morgan fingerprint density at radius 2 is 1.96 bits per heavy atom. The highest BCUT2D eigenvalue weighted by Gasteiger charge is 2.14. The predicted octanol–water partition coefficient (Wildman–Crippen LogP) is 3.26. The molecule has 5 heteroatoms. The van der Waals surface area contributed by atoms with Crippen LogP contribution in [0.4, 0.5) is 0 Å². The van der Waals surface area contributed by atoms with Gasteiger partial charge in [-0.05, 0) is 38.0 Å². The van der Waals surface area contributed by atoms with Crippen LogP contribution in [0.25, 0.3) is 5.69 Å². The second-order valence-corrected chi connectivity index (χ2v) is 6.26. The van der Waals surface area contributed by atoms with Gasteiger partial charge >= 0.3 is 0 Å². The van der Waals surface area contributed by atoms with Crippen LogP contribution in [-0.4, -0.2) is 28.3 Å². The van der Waals surface area contributed by atoms with E-state index in [0.717, 1.165) is 23.9 Å². The first-order valence-electron chi connectivity index (χ1n) is 9.00. The largest absolute Gasteiger partial charge is 0.357 e. The molecule has 0 radical (unpaired) electrons. The third-order valence-corrected chi connectivity index (χ3v) is 4.35. The van der Waals surface area contributed by atoms with Crippen LogP contribution in [0.5, 0.6) is 0 Å². The number of benzene rings is 1. The van der Waals surface area contributed by atoms with Crippen molar-refractivity contribution in [3.05, 3.63) is 48.3 Å². The molecule has 0 aliphatic heterocycles. The molecule has 5 nitrogen and oxygen atoms in total. The van der Waals surface area contributed by atoms with E-state index in [1.54, 1.807) is 0 Å². The Labute approximate surface area is 144 Å². The van der Waals surface area contributed by atoms with Gasteiger partial charge in [0, 0.05) is 18.8 Å². The van der Waals surface area contributed by atoms with Crippen LogP contribution in [0.1, 0.15) is 44.7 Å². The molecule has 0 atom stereocenters. The molecule has 0 amide bonds. The lowest BCUT2D eigenvalue weighted by Crippen LogP contribution is -2.44. The Hall–Kier alpha value is -2.30. The quantitative estimate of drug-likeness (QED) is 0.655. The maximum absolute atomic E-state index is 4.70. The molecule has 0 unspecified atom stereocenters. The number of para-hydroxylation sites is 1. The summed E-state index contributed by atoms with van der Waals surface area (Å²) in [7, 11) is 0. The Balaban J connectivity index is 1.62. The van der Waals surface area contributed by atoms with Gasteiger partial charge < -0.3 is 10.6 Å². The second-order valence-electron chi connectivity index (χ2n) is 6.26. The van der Waals surface area contributed by atoms with E-state index in [1.165, 1.54) is 32.1 Å². The molecular weight excluding hydrogens is 298 g/mol. The van der Waals surface area contributed by atoms with E-state index < -0.39 is 0 Å². The van der Waals surface area contributed by atoms with E-state index in [-0.39, 0.29) is 0 Å². The Morgan fingerprint density at radius 1 is 1.17 bits per heavy atom. The minimum absolute atomic E-state index is 0.554. The SMILES string of the molecule is CCNC(=NCc1ccn(-c2ccccc2)n1)NC1CCCCC1. The van der Waals surface area contributed by atoms with Gasteiger partial charge in [0.1, 0.15) is 0 Å². The number of nitrogens with one attached hydrogen (secondary N) is 2. The highest BCUT2D eigenvalue weighted by molar-refractivity contribution is 5.80. The zero-order valence-corrected chi connectivity index (χ0v) is 14.4. The van der Waals surface area contributed by atoms with Gasteiger partial charge in [0.2, 0.25) is 0 Å². The van der Waals surface area contributed by atoms with Crippen molar-refractivity contribution in [3.63, 3.8) is 0 Å². The van der Waals surface area contributed by atoms with Gasteiger partial charge in [0.25, 0.3) is 0 Å². The summed E-state index contributed by atoms with van der Waals surface area (Å²) in [6.07, 6.45) is 8.47. The number of aliphatic imine (C=N–C) groups is 1. The van der Waals surface area contributed by atoms with Gasteiger partial charge in [-0.1, -0.05) is 37.5 Å². The van der Waals surface area contributed by atoms with Crippen LogP contribution >= 0.6 is 0 Å². The van der Waals surface area contributed by atoms with Gasteiger partial charge in [0.05, 0.1) is 17.9 Å². The Morgan fingerprint density at radius 3 is 2.71 bits per heavy atom. The first kappa shape index (κ1) is 16.6. The van der Waals surface area contributed by atoms with Crippen molar-refractivity contribution in [2.45, 2.75) is 51.6 Å². The average Bonchev–Trinajstić information content (AvgIpc) is 3.11. The van der Waals surface area contributed by atoms with Crippen molar-refractivity contribution in [2.75, 3.05) is 6.54 Å². The topological polar surface area (TPSA) is 54.2 Å². The number of rotatable bonds is 5. The van der Waals surface area contributed by atoms with Crippen LogP contribution < -0.4 is 10.6 Å². The van der Waals surface area contributed by atoms with Crippen LogP contribution in [0.15, 0.2) is 47.6 Å². The van der Waals surface area contributed by atoms with E-state index >= 15 is 0 Å². The second kappa shape index (κ2) is 8.52. The normalized spacial score (nSPS) is 16.1. The molecule has 1 aromatic heterocycles. The molecule has 0 spiro atoms. The maximum Gasteiger partial charge on any atom is 0.191 e. The lowest BCUT2D eigenvalue weighted by molar-refractivity contribution is 0.410. The van der Waals surface area contributed by atoms with Crippen molar-refractivity contribution in [2.24, 2.45) is 4.99 Å². The summed E-state index contributed by atoms with van der Waals surface area (Å²) in [6.45, 7) is 3.56. The van der Waals surface area contributed by atoms with Crippen molar-refractivity contribution in [3.8, 4) is 5.69 Å². The summed E-state index contributed by atoms with van der Waals surface area (Å²) in [5.74, 6) is 0.902. The van der Waals surface area contributed by atoms with Crippen LogP contribution in [0.3, 0.4) is 0 Å². The summed E-state index contributed by atoms with van der Waals surface area (Å²) in [6, 6.07) is 12.7.